The van der Waals surface area contributed by atoms with Crippen molar-refractivity contribution in [2.24, 2.45) is 0 Å². The number of rotatable bonds is 0. The zero-order valence-electron chi connectivity index (χ0n) is 5.82. The van der Waals surface area contributed by atoms with E-state index in [1.165, 1.54) is 0 Å². The molecule has 6 N–H and O–H groups in total. The van der Waals surface area contributed by atoms with Crippen LogP contribution >= 0.6 is 0 Å². The molecule has 1 heterocycles. The van der Waals surface area contributed by atoms with E-state index in [-0.39, 0.29) is 58.2 Å². The van der Waals surface area contributed by atoms with Gasteiger partial charge in [-0.15, -0.1) is 0 Å². The van der Waals surface area contributed by atoms with Crippen LogP contribution < -0.4 is 37.1 Å². The summed E-state index contributed by atoms with van der Waals surface area (Å²) in [5.74, 6) is 0. The molecule has 0 spiro atoms. The van der Waals surface area contributed by atoms with Crippen molar-refractivity contribution in [2.45, 2.75) is 0 Å². The zero-order valence-corrected chi connectivity index (χ0v) is 9.60. The van der Waals surface area contributed by atoms with E-state index in [0.717, 1.165) is 0 Å². The number of hydrogen-bond acceptors (Lipinski definition) is 3. The molecule has 1 aromatic heterocycles. The maximum absolute atomic E-state index is 3.78. The first-order valence-electron chi connectivity index (χ1n) is 1.85. The molecule has 6 heteroatoms. The average molecular weight is 379 g/mol. The Morgan fingerprint density at radius 1 is 0.727 bits per heavy atom. The smallest absolute Gasteiger partial charge is 0.0267 e. The molecule has 0 saturated heterocycles. The summed E-state index contributed by atoms with van der Waals surface area (Å²) < 4.78 is 0. The number of hydrogen-bond donors (Lipinski definition) is 2. The van der Waals surface area contributed by atoms with E-state index in [9.17, 15) is 0 Å². The second-order valence-electron chi connectivity index (χ2n) is 1.02. The fraction of sp³-hybridized carbons (Fsp3) is 0. The van der Waals surface area contributed by atoms with Crippen molar-refractivity contribution in [1.29, 1.82) is 0 Å². The van der Waals surface area contributed by atoms with Gasteiger partial charge in [0.25, 0.3) is 0 Å². The van der Waals surface area contributed by atoms with Gasteiger partial charge in [-0.3, -0.25) is 4.98 Å². The number of halogens is 2. The van der Waals surface area contributed by atoms with Crippen molar-refractivity contribution < 1.29 is 45.9 Å². The van der Waals surface area contributed by atoms with Gasteiger partial charge in [-0.1, -0.05) is 6.07 Å². The van der Waals surface area contributed by atoms with Crippen molar-refractivity contribution in [1.82, 2.24) is 17.3 Å². The van der Waals surface area contributed by atoms with Gasteiger partial charge in [0.15, 0.2) is 0 Å². The van der Waals surface area contributed by atoms with E-state index in [4.69, 9.17) is 0 Å². The van der Waals surface area contributed by atoms with Crippen LogP contribution in [0.25, 0.3) is 0 Å². The molecule has 3 nitrogen and oxygen atoms in total. The second-order valence-corrected chi connectivity index (χ2v) is 1.02. The van der Waals surface area contributed by atoms with Gasteiger partial charge in [0.1, 0.15) is 0 Å². The summed E-state index contributed by atoms with van der Waals surface area (Å²) in [6, 6.07) is 5.72. The van der Waals surface area contributed by atoms with Gasteiger partial charge >= 0.3 is 0 Å². The Morgan fingerprint density at radius 3 is 1.18 bits per heavy atom. The van der Waals surface area contributed by atoms with E-state index >= 15 is 0 Å². The van der Waals surface area contributed by atoms with Gasteiger partial charge in [0, 0.05) is 33.5 Å². The molecular weight excluding hydrogens is 368 g/mol. The van der Waals surface area contributed by atoms with Crippen molar-refractivity contribution >= 4 is 0 Å². The van der Waals surface area contributed by atoms with Crippen molar-refractivity contribution in [2.75, 3.05) is 0 Å². The van der Waals surface area contributed by atoms with Crippen LogP contribution in [0.15, 0.2) is 30.6 Å². The maximum Gasteiger partial charge on any atom is 0.0267 e. The summed E-state index contributed by atoms with van der Waals surface area (Å²) >= 11 is 0. The third-order valence-corrected chi connectivity index (χ3v) is 0.566. The first kappa shape index (κ1) is 30.2. The Kier molecular flexibility index (Phi) is 61.5. The summed E-state index contributed by atoms with van der Waals surface area (Å²) in [5, 5.41) is 0. The Bertz CT molecular complexity index is 91.7. The van der Waals surface area contributed by atoms with E-state index in [1.54, 1.807) is 12.4 Å². The predicted octanol–water partition coefficient (Wildman–Crippen LogP) is -4.59. The largest absolute Gasteiger partial charge is 1.00 e. The number of pyridine rings is 1. The summed E-state index contributed by atoms with van der Waals surface area (Å²) in [4.78, 5) is 3.78. The van der Waals surface area contributed by atoms with E-state index < -0.39 is 0 Å². The molecular formula is C5H11Cl2N3Pt-2. The fourth-order valence-electron chi connectivity index (χ4n) is 0.313. The summed E-state index contributed by atoms with van der Waals surface area (Å²) in [7, 11) is 0. The molecule has 0 aromatic carbocycles. The van der Waals surface area contributed by atoms with Crippen LogP contribution in [-0.2, 0) is 21.1 Å². The van der Waals surface area contributed by atoms with Crippen molar-refractivity contribution in [3.05, 3.63) is 30.6 Å². The van der Waals surface area contributed by atoms with Gasteiger partial charge < -0.3 is 37.1 Å². The molecule has 0 radical (unpaired) electrons. The molecule has 0 amide bonds. The molecule has 0 unspecified atom stereocenters. The SMILES string of the molecule is N.N.[Cl-].[Cl-].[Pt].c1ccncc1. The summed E-state index contributed by atoms with van der Waals surface area (Å²) in [6.45, 7) is 0. The minimum absolute atomic E-state index is 0. The monoisotopic (exact) mass is 378 g/mol. The van der Waals surface area contributed by atoms with Crippen LogP contribution in [0.4, 0.5) is 0 Å². The first-order chi connectivity index (χ1) is 3.00. The third kappa shape index (κ3) is 17.9. The van der Waals surface area contributed by atoms with Gasteiger partial charge in [0.2, 0.25) is 0 Å². The minimum atomic E-state index is 0. The average Bonchev–Trinajstić information content (AvgIpc) is 1.72. The molecule has 11 heavy (non-hydrogen) atoms. The fourth-order valence-corrected chi connectivity index (χ4v) is 0.313. The van der Waals surface area contributed by atoms with Gasteiger partial charge in [-0.2, -0.15) is 0 Å². The van der Waals surface area contributed by atoms with E-state index in [0.29, 0.717) is 0 Å². The zero-order chi connectivity index (χ0) is 4.24. The standard InChI is InChI=1S/C5H5N.2ClH.2H3N.Pt/c1-2-4-6-5-3-1;;;;;/h1-5H;2*1H;2*1H3;/p-2. The van der Waals surface area contributed by atoms with Crippen LogP contribution in [0.1, 0.15) is 0 Å². The second kappa shape index (κ2) is 22.4. The third-order valence-electron chi connectivity index (χ3n) is 0.566. The molecule has 1 rings (SSSR count). The van der Waals surface area contributed by atoms with Crippen LogP contribution in [-0.4, -0.2) is 4.98 Å². The van der Waals surface area contributed by atoms with Gasteiger partial charge in [0.05, 0.1) is 0 Å². The number of aromatic nitrogens is 1. The molecule has 0 atom stereocenters. The minimum Gasteiger partial charge on any atom is -1.00 e. The normalized spacial score (nSPS) is 4.36. The van der Waals surface area contributed by atoms with Crippen LogP contribution in [0.5, 0.6) is 0 Å². The summed E-state index contributed by atoms with van der Waals surface area (Å²) in [5.41, 5.74) is 0. The topological polar surface area (TPSA) is 82.9 Å². The number of nitrogens with zero attached hydrogens (tertiary/aromatic N) is 1. The Balaban J connectivity index is -0.0000000240. The van der Waals surface area contributed by atoms with E-state index in [1.807, 2.05) is 18.2 Å². The predicted molar refractivity (Wildman–Crippen MR) is 34.3 cm³/mol. The molecule has 1 aromatic rings. The molecule has 0 fully saturated rings. The Morgan fingerprint density at radius 2 is 1.09 bits per heavy atom. The Labute approximate surface area is 93.6 Å². The Hall–Kier alpha value is 0.338. The van der Waals surface area contributed by atoms with E-state index in [2.05, 4.69) is 4.98 Å². The first-order valence-corrected chi connectivity index (χ1v) is 1.85. The van der Waals surface area contributed by atoms with Crippen molar-refractivity contribution in [3.8, 4) is 0 Å². The van der Waals surface area contributed by atoms with Crippen LogP contribution in [0.2, 0.25) is 0 Å². The van der Waals surface area contributed by atoms with Gasteiger partial charge in [-0.05, 0) is 12.1 Å². The molecule has 0 saturated carbocycles. The maximum atomic E-state index is 3.78. The molecule has 0 aliphatic rings. The van der Waals surface area contributed by atoms with Crippen LogP contribution in [0.3, 0.4) is 0 Å². The quantitative estimate of drug-likeness (QED) is 0.476. The molecule has 72 valence electrons. The van der Waals surface area contributed by atoms with Crippen molar-refractivity contribution in [3.63, 3.8) is 0 Å². The molecule has 0 aliphatic carbocycles. The van der Waals surface area contributed by atoms with Gasteiger partial charge in [-0.25, -0.2) is 0 Å². The molecule has 0 bridgehead atoms. The molecule has 0 aliphatic heterocycles. The van der Waals surface area contributed by atoms with Crippen LogP contribution in [0, 0.1) is 0 Å². The summed E-state index contributed by atoms with van der Waals surface area (Å²) in [6.07, 6.45) is 3.50.